The summed E-state index contributed by atoms with van der Waals surface area (Å²) >= 11 is 0. The molecule has 3 heteroatoms. The SMILES string of the molecule is Cc1ccccc1C(C)(F)C(C)(C)C(=O)O. The van der Waals surface area contributed by atoms with Crippen molar-refractivity contribution in [3.8, 4) is 0 Å². The van der Waals surface area contributed by atoms with Gasteiger partial charge in [0, 0.05) is 0 Å². The summed E-state index contributed by atoms with van der Waals surface area (Å²) in [6, 6.07) is 6.95. The van der Waals surface area contributed by atoms with Crippen LogP contribution in [0, 0.1) is 12.3 Å². The third-order valence-electron chi connectivity index (χ3n) is 3.36. The zero-order valence-electron chi connectivity index (χ0n) is 10.0. The smallest absolute Gasteiger partial charge is 0.312 e. The van der Waals surface area contributed by atoms with Gasteiger partial charge in [0.15, 0.2) is 0 Å². The van der Waals surface area contributed by atoms with Gasteiger partial charge in [0.1, 0.15) is 11.1 Å². The van der Waals surface area contributed by atoms with Crippen LogP contribution in [0.2, 0.25) is 0 Å². The Morgan fingerprint density at radius 2 is 1.75 bits per heavy atom. The summed E-state index contributed by atoms with van der Waals surface area (Å²) in [6.45, 7) is 5.91. The maximum atomic E-state index is 14.7. The first-order valence-electron chi connectivity index (χ1n) is 5.19. The lowest BCUT2D eigenvalue weighted by molar-refractivity contribution is -0.156. The Bertz CT molecular complexity index is 408. The normalized spacial score (nSPS) is 15.6. The van der Waals surface area contributed by atoms with Crippen molar-refractivity contribution in [3.05, 3.63) is 35.4 Å². The molecule has 1 rings (SSSR count). The molecule has 1 unspecified atom stereocenters. The molecule has 1 aromatic rings. The van der Waals surface area contributed by atoms with Crippen LogP contribution in [-0.4, -0.2) is 11.1 Å². The first-order valence-corrected chi connectivity index (χ1v) is 5.19. The number of benzene rings is 1. The van der Waals surface area contributed by atoms with E-state index >= 15 is 0 Å². The molecule has 0 aromatic heterocycles. The van der Waals surface area contributed by atoms with Crippen molar-refractivity contribution in [3.63, 3.8) is 0 Å². The molecule has 1 N–H and O–H groups in total. The van der Waals surface area contributed by atoms with E-state index < -0.39 is 17.1 Å². The Kier molecular flexibility index (Phi) is 3.08. The van der Waals surface area contributed by atoms with Gasteiger partial charge >= 0.3 is 5.97 Å². The molecule has 2 nitrogen and oxygen atoms in total. The second-order valence-electron chi connectivity index (χ2n) is 4.75. The van der Waals surface area contributed by atoms with Gasteiger partial charge in [0.05, 0.1) is 0 Å². The van der Waals surface area contributed by atoms with E-state index in [9.17, 15) is 9.18 Å². The summed E-state index contributed by atoms with van der Waals surface area (Å²) in [6.07, 6.45) is 0. The summed E-state index contributed by atoms with van der Waals surface area (Å²) in [5, 5.41) is 9.09. The van der Waals surface area contributed by atoms with Crippen LogP contribution in [0.4, 0.5) is 4.39 Å². The Labute approximate surface area is 95.1 Å². The van der Waals surface area contributed by atoms with E-state index in [1.807, 2.05) is 6.07 Å². The van der Waals surface area contributed by atoms with Crippen molar-refractivity contribution in [2.45, 2.75) is 33.4 Å². The van der Waals surface area contributed by atoms with Gasteiger partial charge in [-0.3, -0.25) is 4.79 Å². The number of rotatable bonds is 3. The average molecular weight is 224 g/mol. The fraction of sp³-hybridized carbons (Fsp3) is 0.462. The lowest BCUT2D eigenvalue weighted by Crippen LogP contribution is -2.42. The highest BCUT2D eigenvalue weighted by Gasteiger charge is 2.49. The Balaban J connectivity index is 3.32. The number of halogens is 1. The number of alkyl halides is 1. The van der Waals surface area contributed by atoms with Gasteiger partial charge < -0.3 is 5.11 Å². The van der Waals surface area contributed by atoms with Crippen molar-refractivity contribution in [2.75, 3.05) is 0 Å². The molecule has 16 heavy (non-hydrogen) atoms. The summed E-state index contributed by atoms with van der Waals surface area (Å²) in [5.41, 5.74) is -2.16. The van der Waals surface area contributed by atoms with Crippen LogP contribution >= 0.6 is 0 Å². The summed E-state index contributed by atoms with van der Waals surface area (Å²) in [4.78, 5) is 11.1. The third-order valence-corrected chi connectivity index (χ3v) is 3.36. The molecule has 0 aliphatic heterocycles. The standard InChI is InChI=1S/C13H17FO2/c1-9-7-5-6-8-10(9)13(4,14)12(2,3)11(15)16/h5-8H,1-4H3,(H,15,16). The van der Waals surface area contributed by atoms with E-state index in [2.05, 4.69) is 0 Å². The number of hydrogen-bond acceptors (Lipinski definition) is 1. The molecule has 0 saturated carbocycles. The molecule has 0 heterocycles. The maximum absolute atomic E-state index is 14.7. The number of carboxylic acids is 1. The second-order valence-corrected chi connectivity index (χ2v) is 4.75. The van der Waals surface area contributed by atoms with E-state index in [0.717, 1.165) is 5.56 Å². The number of carbonyl (C=O) groups is 1. The molecule has 0 radical (unpaired) electrons. The molecule has 0 fully saturated rings. The number of hydrogen-bond donors (Lipinski definition) is 1. The second kappa shape index (κ2) is 3.89. The Hall–Kier alpha value is -1.38. The highest BCUT2D eigenvalue weighted by atomic mass is 19.1. The zero-order chi connectivity index (χ0) is 12.6. The molecule has 1 atom stereocenters. The van der Waals surface area contributed by atoms with Crippen LogP contribution in [-0.2, 0) is 10.5 Å². The van der Waals surface area contributed by atoms with Crippen LogP contribution in [0.3, 0.4) is 0 Å². The average Bonchev–Trinajstić information content (AvgIpc) is 2.17. The van der Waals surface area contributed by atoms with Gasteiger partial charge in [-0.2, -0.15) is 0 Å². The minimum atomic E-state index is -1.90. The third kappa shape index (κ3) is 1.82. The maximum Gasteiger partial charge on any atom is 0.312 e. The Morgan fingerprint density at radius 3 is 2.19 bits per heavy atom. The van der Waals surface area contributed by atoms with Gasteiger partial charge in [-0.15, -0.1) is 0 Å². The minimum absolute atomic E-state index is 0.433. The lowest BCUT2D eigenvalue weighted by Gasteiger charge is -2.35. The van der Waals surface area contributed by atoms with Gasteiger partial charge in [-0.05, 0) is 38.8 Å². The van der Waals surface area contributed by atoms with E-state index in [-0.39, 0.29) is 0 Å². The van der Waals surface area contributed by atoms with Crippen LogP contribution in [0.1, 0.15) is 31.9 Å². The number of aliphatic carboxylic acids is 1. The molecule has 0 aliphatic carbocycles. The zero-order valence-corrected chi connectivity index (χ0v) is 10.0. The van der Waals surface area contributed by atoms with E-state index in [1.165, 1.54) is 20.8 Å². The minimum Gasteiger partial charge on any atom is -0.481 e. The van der Waals surface area contributed by atoms with E-state index in [4.69, 9.17) is 5.11 Å². The summed E-state index contributed by atoms with van der Waals surface area (Å²) < 4.78 is 14.7. The fourth-order valence-electron chi connectivity index (χ4n) is 1.64. The van der Waals surface area contributed by atoms with Crippen LogP contribution < -0.4 is 0 Å². The quantitative estimate of drug-likeness (QED) is 0.855. The molecule has 0 saturated heterocycles. The molecule has 88 valence electrons. The number of carboxylic acid groups (broad SMARTS) is 1. The molecule has 1 aromatic carbocycles. The summed E-state index contributed by atoms with van der Waals surface area (Å²) in [5.74, 6) is -1.14. The fourth-order valence-corrected chi connectivity index (χ4v) is 1.64. The lowest BCUT2D eigenvalue weighted by atomic mass is 9.72. The van der Waals surface area contributed by atoms with E-state index in [0.29, 0.717) is 5.56 Å². The monoisotopic (exact) mass is 224 g/mol. The van der Waals surface area contributed by atoms with Crippen molar-refractivity contribution >= 4 is 5.97 Å². The highest BCUT2D eigenvalue weighted by Crippen LogP contribution is 2.44. The largest absolute Gasteiger partial charge is 0.481 e. The molecule has 0 spiro atoms. The van der Waals surface area contributed by atoms with Crippen molar-refractivity contribution < 1.29 is 14.3 Å². The topological polar surface area (TPSA) is 37.3 Å². The number of aryl methyl sites for hydroxylation is 1. The van der Waals surface area contributed by atoms with Gasteiger partial charge in [0.2, 0.25) is 0 Å². The predicted octanol–water partition coefficient (Wildman–Crippen LogP) is 3.29. The van der Waals surface area contributed by atoms with Gasteiger partial charge in [-0.1, -0.05) is 24.3 Å². The van der Waals surface area contributed by atoms with Crippen molar-refractivity contribution in [1.82, 2.24) is 0 Å². The van der Waals surface area contributed by atoms with Crippen LogP contribution in [0.15, 0.2) is 24.3 Å². The van der Waals surface area contributed by atoms with E-state index in [1.54, 1.807) is 25.1 Å². The highest BCUT2D eigenvalue weighted by molar-refractivity contribution is 5.75. The molecule has 0 amide bonds. The van der Waals surface area contributed by atoms with Crippen molar-refractivity contribution in [1.29, 1.82) is 0 Å². The summed E-state index contributed by atoms with van der Waals surface area (Å²) in [7, 11) is 0. The first-order chi connectivity index (χ1) is 7.21. The molecular weight excluding hydrogens is 207 g/mol. The first kappa shape index (κ1) is 12.7. The molecule has 0 aliphatic rings. The molecular formula is C13H17FO2. The van der Waals surface area contributed by atoms with Crippen LogP contribution in [0.5, 0.6) is 0 Å². The Morgan fingerprint density at radius 1 is 1.25 bits per heavy atom. The predicted molar refractivity (Wildman–Crippen MR) is 61.1 cm³/mol. The molecule has 0 bridgehead atoms. The van der Waals surface area contributed by atoms with Gasteiger partial charge in [-0.25, -0.2) is 4.39 Å². The van der Waals surface area contributed by atoms with Crippen LogP contribution in [0.25, 0.3) is 0 Å². The van der Waals surface area contributed by atoms with Crippen molar-refractivity contribution in [2.24, 2.45) is 5.41 Å². The van der Waals surface area contributed by atoms with Gasteiger partial charge in [0.25, 0.3) is 0 Å².